The molecule has 1 aromatic heterocycles. The van der Waals surface area contributed by atoms with E-state index in [4.69, 9.17) is 15.2 Å². The molecule has 0 aliphatic heterocycles. The fraction of sp³-hybridized carbons (Fsp3) is 0.333. The number of nitrogens with two attached hydrogens (primary N) is 1. The molecule has 140 valence electrons. The highest BCUT2D eigenvalue weighted by atomic mass is 19.3. The van der Waals surface area contributed by atoms with Gasteiger partial charge in [0.15, 0.2) is 12.6 Å². The van der Waals surface area contributed by atoms with Crippen molar-refractivity contribution in [3.05, 3.63) is 48.2 Å². The Morgan fingerprint density at radius 3 is 2.58 bits per heavy atom. The molecule has 2 aromatic rings. The summed E-state index contributed by atoms with van der Waals surface area (Å²) in [5, 5.41) is 2.96. The Hall–Kier alpha value is -2.90. The number of guanidine groups is 1. The molecule has 1 aromatic carbocycles. The first-order valence-corrected chi connectivity index (χ1v) is 8.13. The third kappa shape index (κ3) is 6.92. The van der Waals surface area contributed by atoms with Crippen LogP contribution in [0.15, 0.2) is 47.5 Å². The average molecular weight is 364 g/mol. The SMILES string of the molecule is CC(C)Oc1ccc(NC(N)=NCc2cccc(OCC(F)F)n2)cc1. The Kier molecular flexibility index (Phi) is 7.13. The molecule has 26 heavy (non-hydrogen) atoms. The van der Waals surface area contributed by atoms with E-state index in [0.717, 1.165) is 11.4 Å². The lowest BCUT2D eigenvalue weighted by Gasteiger charge is -2.11. The minimum absolute atomic E-state index is 0.105. The fourth-order valence-corrected chi connectivity index (χ4v) is 2.02. The smallest absolute Gasteiger partial charge is 0.272 e. The Morgan fingerprint density at radius 1 is 1.19 bits per heavy atom. The molecule has 0 unspecified atom stereocenters. The quantitative estimate of drug-likeness (QED) is 0.554. The van der Waals surface area contributed by atoms with Crippen molar-refractivity contribution >= 4 is 11.6 Å². The normalized spacial score (nSPS) is 11.7. The standard InChI is InChI=1S/C18H22F2N4O2/c1-12(2)26-15-8-6-13(7-9-15)24-18(21)22-10-14-4-3-5-17(23-14)25-11-16(19)20/h3-9,12,16H,10-11H2,1-2H3,(H3,21,22,24). The second-order valence-electron chi connectivity index (χ2n) is 5.69. The van der Waals surface area contributed by atoms with Crippen LogP contribution in [0, 0.1) is 0 Å². The highest BCUT2D eigenvalue weighted by molar-refractivity contribution is 5.92. The van der Waals surface area contributed by atoms with E-state index in [1.807, 2.05) is 38.1 Å². The zero-order valence-electron chi connectivity index (χ0n) is 14.7. The van der Waals surface area contributed by atoms with Gasteiger partial charge in [-0.05, 0) is 44.2 Å². The molecule has 0 amide bonds. The molecule has 0 fully saturated rings. The topological polar surface area (TPSA) is 81.8 Å². The van der Waals surface area contributed by atoms with Gasteiger partial charge in [0.25, 0.3) is 6.43 Å². The van der Waals surface area contributed by atoms with Crippen molar-refractivity contribution in [2.24, 2.45) is 10.7 Å². The summed E-state index contributed by atoms with van der Waals surface area (Å²) in [6, 6.07) is 12.2. The maximum atomic E-state index is 12.2. The van der Waals surface area contributed by atoms with E-state index in [2.05, 4.69) is 15.3 Å². The van der Waals surface area contributed by atoms with Crippen LogP contribution in [-0.4, -0.2) is 30.1 Å². The molecule has 1 heterocycles. The van der Waals surface area contributed by atoms with E-state index < -0.39 is 13.0 Å². The largest absolute Gasteiger partial charge is 0.491 e. The van der Waals surface area contributed by atoms with Crippen LogP contribution in [0.25, 0.3) is 0 Å². The van der Waals surface area contributed by atoms with Crippen molar-refractivity contribution in [2.45, 2.75) is 32.9 Å². The predicted octanol–water partition coefficient (Wildman–Crippen LogP) is 3.44. The van der Waals surface area contributed by atoms with E-state index in [-0.39, 0.29) is 24.5 Å². The third-order valence-corrected chi connectivity index (χ3v) is 3.05. The molecule has 0 spiro atoms. The summed E-state index contributed by atoms with van der Waals surface area (Å²) < 4.78 is 34.8. The first-order valence-electron chi connectivity index (χ1n) is 8.13. The van der Waals surface area contributed by atoms with Crippen molar-refractivity contribution in [1.29, 1.82) is 0 Å². The van der Waals surface area contributed by atoms with Crippen LogP contribution in [0.4, 0.5) is 14.5 Å². The van der Waals surface area contributed by atoms with Gasteiger partial charge in [0.1, 0.15) is 5.75 Å². The number of hydrogen-bond donors (Lipinski definition) is 2. The number of hydrogen-bond acceptors (Lipinski definition) is 4. The first kappa shape index (κ1) is 19.4. The second kappa shape index (κ2) is 9.55. The monoisotopic (exact) mass is 364 g/mol. The van der Waals surface area contributed by atoms with Crippen molar-refractivity contribution in [3.8, 4) is 11.6 Å². The Labute approximate surface area is 151 Å². The highest BCUT2D eigenvalue weighted by Crippen LogP contribution is 2.16. The number of nitrogens with zero attached hydrogens (tertiary/aromatic N) is 2. The van der Waals surface area contributed by atoms with Gasteiger partial charge in [0.05, 0.1) is 18.3 Å². The van der Waals surface area contributed by atoms with Crippen LogP contribution in [0.2, 0.25) is 0 Å². The van der Waals surface area contributed by atoms with Gasteiger partial charge in [-0.15, -0.1) is 0 Å². The van der Waals surface area contributed by atoms with Crippen LogP contribution in [0.3, 0.4) is 0 Å². The maximum Gasteiger partial charge on any atom is 0.272 e. The molecule has 3 N–H and O–H groups in total. The number of anilines is 1. The molecule has 2 rings (SSSR count). The lowest BCUT2D eigenvalue weighted by atomic mass is 10.3. The molecule has 0 bridgehead atoms. The van der Waals surface area contributed by atoms with Crippen molar-refractivity contribution < 1.29 is 18.3 Å². The van der Waals surface area contributed by atoms with Crippen LogP contribution >= 0.6 is 0 Å². The van der Waals surface area contributed by atoms with Gasteiger partial charge in [0, 0.05) is 11.8 Å². The highest BCUT2D eigenvalue weighted by Gasteiger charge is 2.05. The molecule has 0 saturated carbocycles. The maximum absolute atomic E-state index is 12.2. The second-order valence-corrected chi connectivity index (χ2v) is 5.69. The van der Waals surface area contributed by atoms with Gasteiger partial charge in [-0.3, -0.25) is 0 Å². The average Bonchev–Trinajstić information content (AvgIpc) is 2.60. The summed E-state index contributed by atoms with van der Waals surface area (Å²) >= 11 is 0. The molecule has 8 heteroatoms. The Morgan fingerprint density at radius 2 is 1.92 bits per heavy atom. The van der Waals surface area contributed by atoms with E-state index in [9.17, 15) is 8.78 Å². The Balaban J connectivity index is 1.90. The van der Waals surface area contributed by atoms with Crippen molar-refractivity contribution in [1.82, 2.24) is 4.98 Å². The Bertz CT molecular complexity index is 721. The van der Waals surface area contributed by atoms with Gasteiger partial charge < -0.3 is 20.5 Å². The fourth-order valence-electron chi connectivity index (χ4n) is 2.02. The van der Waals surface area contributed by atoms with E-state index in [0.29, 0.717) is 5.69 Å². The molecule has 6 nitrogen and oxygen atoms in total. The molecule has 0 radical (unpaired) electrons. The summed E-state index contributed by atoms with van der Waals surface area (Å²) in [7, 11) is 0. The van der Waals surface area contributed by atoms with Gasteiger partial charge in [-0.1, -0.05) is 6.07 Å². The molecular formula is C18H22F2N4O2. The molecule has 0 aliphatic carbocycles. The lowest BCUT2D eigenvalue weighted by Crippen LogP contribution is -2.22. The summed E-state index contributed by atoms with van der Waals surface area (Å²) in [6.45, 7) is 3.41. The van der Waals surface area contributed by atoms with Crippen LogP contribution in [0.1, 0.15) is 19.5 Å². The van der Waals surface area contributed by atoms with Gasteiger partial charge in [-0.25, -0.2) is 18.8 Å². The molecule has 0 saturated heterocycles. The van der Waals surface area contributed by atoms with Crippen molar-refractivity contribution in [2.75, 3.05) is 11.9 Å². The lowest BCUT2D eigenvalue weighted by molar-refractivity contribution is 0.0795. The summed E-state index contributed by atoms with van der Waals surface area (Å²) in [5.41, 5.74) is 7.18. The minimum Gasteiger partial charge on any atom is -0.491 e. The summed E-state index contributed by atoms with van der Waals surface area (Å²) in [5.74, 6) is 1.11. The number of nitrogens with one attached hydrogen (secondary N) is 1. The number of halogens is 2. The zero-order valence-corrected chi connectivity index (χ0v) is 14.7. The van der Waals surface area contributed by atoms with Crippen LogP contribution in [-0.2, 0) is 6.54 Å². The number of benzene rings is 1. The van der Waals surface area contributed by atoms with E-state index in [1.165, 1.54) is 6.07 Å². The van der Waals surface area contributed by atoms with Crippen LogP contribution in [0.5, 0.6) is 11.6 Å². The number of pyridine rings is 1. The number of rotatable bonds is 8. The van der Waals surface area contributed by atoms with E-state index in [1.54, 1.807) is 12.1 Å². The number of aliphatic imine (C=N–C) groups is 1. The minimum atomic E-state index is -2.55. The number of aromatic nitrogens is 1. The van der Waals surface area contributed by atoms with Crippen molar-refractivity contribution in [3.63, 3.8) is 0 Å². The first-order chi connectivity index (χ1) is 12.4. The van der Waals surface area contributed by atoms with Gasteiger partial charge >= 0.3 is 0 Å². The predicted molar refractivity (Wildman–Crippen MR) is 96.9 cm³/mol. The molecular weight excluding hydrogens is 342 g/mol. The van der Waals surface area contributed by atoms with Gasteiger partial charge in [0.2, 0.25) is 5.88 Å². The molecule has 0 aliphatic rings. The molecule has 0 atom stereocenters. The number of alkyl halides is 2. The van der Waals surface area contributed by atoms with Gasteiger partial charge in [-0.2, -0.15) is 0 Å². The summed E-state index contributed by atoms with van der Waals surface area (Å²) in [6.07, 6.45) is -2.44. The zero-order chi connectivity index (χ0) is 18.9. The number of ether oxygens (including phenoxy) is 2. The summed E-state index contributed by atoms with van der Waals surface area (Å²) in [4.78, 5) is 8.28. The third-order valence-electron chi connectivity index (χ3n) is 3.05. The van der Waals surface area contributed by atoms with E-state index >= 15 is 0 Å². The van der Waals surface area contributed by atoms with Crippen LogP contribution < -0.4 is 20.5 Å².